The fraction of sp³-hybridized carbons (Fsp3) is 0.867. The van der Waals surface area contributed by atoms with Crippen LogP contribution in [0.2, 0.25) is 0 Å². The highest BCUT2D eigenvalue weighted by atomic mass is 15.3. The highest BCUT2D eigenvalue weighted by molar-refractivity contribution is 4.99. The van der Waals surface area contributed by atoms with E-state index in [9.17, 15) is 0 Å². The van der Waals surface area contributed by atoms with Crippen LogP contribution in [0.15, 0.2) is 0 Å². The Balaban J connectivity index is 1.55. The second-order valence-electron chi connectivity index (χ2n) is 6.21. The summed E-state index contributed by atoms with van der Waals surface area (Å²) < 4.78 is 2.32. The van der Waals surface area contributed by atoms with Crippen molar-refractivity contribution in [2.24, 2.45) is 5.92 Å². The van der Waals surface area contributed by atoms with Gasteiger partial charge in [0.1, 0.15) is 11.6 Å². The van der Waals surface area contributed by atoms with E-state index in [0.29, 0.717) is 6.04 Å². The Labute approximate surface area is 116 Å². The van der Waals surface area contributed by atoms with Crippen LogP contribution < -0.4 is 5.32 Å². The largest absolute Gasteiger partial charge is 0.314 e. The maximum Gasteiger partial charge on any atom is 0.147 e. The summed E-state index contributed by atoms with van der Waals surface area (Å²) in [4.78, 5) is 0. The van der Waals surface area contributed by atoms with Crippen LogP contribution in [0.5, 0.6) is 0 Å². The first-order valence-corrected chi connectivity index (χ1v) is 7.99. The molecule has 2 aliphatic rings. The number of nitrogens with one attached hydrogen (secondary N) is 1. The summed E-state index contributed by atoms with van der Waals surface area (Å²) in [6.45, 7) is 4.32. The lowest BCUT2D eigenvalue weighted by molar-refractivity contribution is 0.278. The van der Waals surface area contributed by atoms with Crippen LogP contribution in [0.3, 0.4) is 0 Å². The Hall–Kier alpha value is -0.900. The van der Waals surface area contributed by atoms with Gasteiger partial charge in [0.2, 0.25) is 0 Å². The van der Waals surface area contributed by atoms with E-state index in [1.807, 2.05) is 0 Å². The van der Waals surface area contributed by atoms with Crippen LogP contribution in [0.1, 0.15) is 63.5 Å². The summed E-state index contributed by atoms with van der Waals surface area (Å²) >= 11 is 0. The van der Waals surface area contributed by atoms with Gasteiger partial charge in [-0.15, -0.1) is 10.2 Å². The Morgan fingerprint density at radius 3 is 2.84 bits per heavy atom. The van der Waals surface area contributed by atoms with Crippen LogP contribution in [0, 0.1) is 5.92 Å². The Morgan fingerprint density at radius 1 is 1.16 bits per heavy atom. The first-order chi connectivity index (χ1) is 9.34. The number of fused-ring (bicyclic) bond motifs is 1. The van der Waals surface area contributed by atoms with Gasteiger partial charge in [0.15, 0.2) is 0 Å². The highest BCUT2D eigenvalue weighted by Crippen LogP contribution is 2.26. The first-order valence-electron chi connectivity index (χ1n) is 7.99. The average Bonchev–Trinajstić information content (AvgIpc) is 2.89. The van der Waals surface area contributed by atoms with Gasteiger partial charge in [0.25, 0.3) is 0 Å². The number of hydrogen-bond donors (Lipinski definition) is 1. The van der Waals surface area contributed by atoms with Crippen LogP contribution in [0.4, 0.5) is 0 Å². The molecule has 106 valence electrons. The van der Waals surface area contributed by atoms with Crippen molar-refractivity contribution < 1.29 is 0 Å². The number of nitrogens with zero attached hydrogens (tertiary/aromatic N) is 3. The van der Waals surface area contributed by atoms with Gasteiger partial charge in [-0.25, -0.2) is 0 Å². The van der Waals surface area contributed by atoms with Crippen molar-refractivity contribution in [3.05, 3.63) is 11.6 Å². The van der Waals surface area contributed by atoms with Crippen LogP contribution in [0.25, 0.3) is 0 Å². The monoisotopic (exact) mass is 262 g/mol. The Bertz CT molecular complexity index is 406. The molecule has 1 N–H and O–H groups in total. The molecule has 1 aromatic heterocycles. The molecule has 0 bridgehead atoms. The van der Waals surface area contributed by atoms with Gasteiger partial charge in [-0.05, 0) is 38.5 Å². The van der Waals surface area contributed by atoms with E-state index >= 15 is 0 Å². The zero-order valence-electron chi connectivity index (χ0n) is 12.1. The van der Waals surface area contributed by atoms with Gasteiger partial charge in [-0.1, -0.05) is 19.3 Å². The Morgan fingerprint density at radius 2 is 2.00 bits per heavy atom. The number of hydrogen-bond acceptors (Lipinski definition) is 3. The van der Waals surface area contributed by atoms with Crippen molar-refractivity contribution in [1.82, 2.24) is 20.1 Å². The SMILES string of the molecule is C[C@@H](NCc1nnc2n1CCCC2)C1CCCCC1. The molecule has 3 rings (SSSR count). The van der Waals surface area contributed by atoms with Crippen molar-refractivity contribution in [2.75, 3.05) is 0 Å². The third-order valence-electron chi connectivity index (χ3n) is 4.88. The average molecular weight is 262 g/mol. The zero-order chi connectivity index (χ0) is 13.1. The number of aryl methyl sites for hydroxylation is 1. The zero-order valence-corrected chi connectivity index (χ0v) is 12.1. The lowest BCUT2D eigenvalue weighted by atomic mass is 9.84. The summed E-state index contributed by atoms with van der Waals surface area (Å²) in [7, 11) is 0. The Kier molecular flexibility index (Phi) is 4.16. The van der Waals surface area contributed by atoms with E-state index in [2.05, 4.69) is 27.0 Å². The highest BCUT2D eigenvalue weighted by Gasteiger charge is 2.21. The van der Waals surface area contributed by atoms with Crippen molar-refractivity contribution in [2.45, 2.75) is 77.4 Å². The van der Waals surface area contributed by atoms with Gasteiger partial charge in [-0.3, -0.25) is 0 Å². The van der Waals surface area contributed by atoms with E-state index in [1.54, 1.807) is 0 Å². The molecule has 0 unspecified atom stereocenters. The second-order valence-corrected chi connectivity index (χ2v) is 6.21. The molecule has 1 aliphatic heterocycles. The van der Waals surface area contributed by atoms with E-state index in [4.69, 9.17) is 0 Å². The third kappa shape index (κ3) is 2.99. The minimum absolute atomic E-state index is 0.608. The molecule has 0 spiro atoms. The number of rotatable bonds is 4. The summed E-state index contributed by atoms with van der Waals surface area (Å²) in [5.41, 5.74) is 0. The molecular formula is C15H26N4. The van der Waals surface area contributed by atoms with E-state index < -0.39 is 0 Å². The fourth-order valence-corrected chi connectivity index (χ4v) is 3.55. The first kappa shape index (κ1) is 13.1. The smallest absolute Gasteiger partial charge is 0.147 e. The van der Waals surface area contributed by atoms with Crippen LogP contribution in [-0.2, 0) is 19.5 Å². The lowest BCUT2D eigenvalue weighted by Gasteiger charge is -2.28. The maximum absolute atomic E-state index is 4.37. The number of aromatic nitrogens is 3. The standard InChI is InChI=1S/C15H26N4/c1-12(13-7-3-2-4-8-13)16-11-15-18-17-14-9-5-6-10-19(14)15/h12-13,16H,2-11H2,1H3/t12-/m1/s1. The van der Waals surface area contributed by atoms with E-state index in [1.165, 1.54) is 50.8 Å². The second kappa shape index (κ2) is 6.04. The van der Waals surface area contributed by atoms with Gasteiger partial charge in [0.05, 0.1) is 6.54 Å². The molecule has 4 nitrogen and oxygen atoms in total. The summed E-state index contributed by atoms with van der Waals surface area (Å²) in [5.74, 6) is 3.18. The third-order valence-corrected chi connectivity index (χ3v) is 4.88. The molecule has 0 radical (unpaired) electrons. The molecule has 1 saturated carbocycles. The molecule has 0 amide bonds. The fourth-order valence-electron chi connectivity index (χ4n) is 3.55. The molecule has 0 saturated heterocycles. The van der Waals surface area contributed by atoms with E-state index in [-0.39, 0.29) is 0 Å². The van der Waals surface area contributed by atoms with Crippen LogP contribution in [-0.4, -0.2) is 20.8 Å². The molecule has 1 atom stereocenters. The van der Waals surface area contributed by atoms with Crippen molar-refractivity contribution in [3.63, 3.8) is 0 Å². The van der Waals surface area contributed by atoms with Crippen molar-refractivity contribution >= 4 is 0 Å². The van der Waals surface area contributed by atoms with Crippen molar-refractivity contribution in [3.8, 4) is 0 Å². The van der Waals surface area contributed by atoms with Gasteiger partial charge >= 0.3 is 0 Å². The molecular weight excluding hydrogens is 236 g/mol. The normalized spacial score (nSPS) is 22.2. The minimum atomic E-state index is 0.608. The maximum atomic E-state index is 4.37. The topological polar surface area (TPSA) is 42.7 Å². The molecule has 1 aromatic rings. The molecule has 4 heteroatoms. The minimum Gasteiger partial charge on any atom is -0.314 e. The quantitative estimate of drug-likeness (QED) is 0.907. The molecule has 2 heterocycles. The lowest BCUT2D eigenvalue weighted by Crippen LogP contribution is -2.35. The van der Waals surface area contributed by atoms with Crippen LogP contribution >= 0.6 is 0 Å². The molecule has 1 fully saturated rings. The van der Waals surface area contributed by atoms with Gasteiger partial charge in [0, 0.05) is 19.0 Å². The molecule has 0 aromatic carbocycles. The summed E-state index contributed by atoms with van der Waals surface area (Å²) in [6.07, 6.45) is 10.7. The summed E-state index contributed by atoms with van der Waals surface area (Å²) in [6, 6.07) is 0.608. The predicted molar refractivity (Wildman–Crippen MR) is 75.8 cm³/mol. The predicted octanol–water partition coefficient (Wildman–Crippen LogP) is 2.67. The summed E-state index contributed by atoms with van der Waals surface area (Å²) in [5, 5.41) is 12.4. The van der Waals surface area contributed by atoms with Gasteiger partial charge in [-0.2, -0.15) is 0 Å². The van der Waals surface area contributed by atoms with Crippen molar-refractivity contribution in [1.29, 1.82) is 0 Å². The van der Waals surface area contributed by atoms with Gasteiger partial charge < -0.3 is 9.88 Å². The van der Waals surface area contributed by atoms with E-state index in [0.717, 1.165) is 31.3 Å². The molecule has 19 heavy (non-hydrogen) atoms. The molecule has 1 aliphatic carbocycles.